The molecule has 2 N–H and O–H groups in total. The minimum absolute atomic E-state index is 0.0246. The summed E-state index contributed by atoms with van der Waals surface area (Å²) < 4.78 is 18.8. The molecule has 132 valence electrons. The van der Waals surface area contributed by atoms with Crippen LogP contribution in [0.5, 0.6) is 0 Å². The molecule has 10 heteroatoms. The highest BCUT2D eigenvalue weighted by atomic mass is 32.2. The van der Waals surface area contributed by atoms with E-state index in [4.69, 9.17) is 4.42 Å². The number of amides is 3. The monoisotopic (exact) mass is 373 g/mol. The van der Waals surface area contributed by atoms with Crippen molar-refractivity contribution < 1.29 is 18.4 Å². The molecule has 0 radical (unpaired) electrons. The standard InChI is InChI=1S/C16H12FN5O3S/c17-11-5-1-2-6-12(11)19-15(24)20-13(23)9-26-16-22-21-14(25-16)10-4-3-7-18-8-10/h1-8H,9H2,(H2,19,20,23,24). The highest BCUT2D eigenvalue weighted by Gasteiger charge is 2.14. The van der Waals surface area contributed by atoms with E-state index in [2.05, 4.69) is 25.8 Å². The lowest BCUT2D eigenvalue weighted by Crippen LogP contribution is -2.35. The lowest BCUT2D eigenvalue weighted by molar-refractivity contribution is -0.117. The van der Waals surface area contributed by atoms with Crippen LogP contribution in [0.2, 0.25) is 0 Å². The van der Waals surface area contributed by atoms with Crippen LogP contribution < -0.4 is 10.6 Å². The molecular weight excluding hydrogens is 361 g/mol. The highest BCUT2D eigenvalue weighted by molar-refractivity contribution is 7.99. The predicted octanol–water partition coefficient (Wildman–Crippen LogP) is 2.71. The number of halogens is 1. The normalized spacial score (nSPS) is 10.3. The third-order valence-electron chi connectivity index (χ3n) is 3.02. The summed E-state index contributed by atoms with van der Waals surface area (Å²) in [5, 5.41) is 12.2. The van der Waals surface area contributed by atoms with Gasteiger partial charge in [-0.1, -0.05) is 23.9 Å². The summed E-state index contributed by atoms with van der Waals surface area (Å²) in [6.45, 7) is 0. The average Bonchev–Trinajstić information content (AvgIpc) is 3.12. The molecule has 8 nitrogen and oxygen atoms in total. The van der Waals surface area contributed by atoms with Gasteiger partial charge in [0.05, 0.1) is 17.0 Å². The third kappa shape index (κ3) is 4.63. The van der Waals surface area contributed by atoms with Crippen LogP contribution in [0.3, 0.4) is 0 Å². The molecule has 0 aliphatic carbocycles. The molecule has 0 bridgehead atoms. The van der Waals surface area contributed by atoms with Crippen molar-refractivity contribution in [3.8, 4) is 11.5 Å². The first kappa shape index (κ1) is 17.5. The summed E-state index contributed by atoms with van der Waals surface area (Å²) in [5.41, 5.74) is 0.629. The number of benzene rings is 1. The quantitative estimate of drug-likeness (QED) is 0.662. The summed E-state index contributed by atoms with van der Waals surface area (Å²) in [4.78, 5) is 27.4. The molecule has 26 heavy (non-hydrogen) atoms. The Balaban J connectivity index is 1.49. The number of urea groups is 1. The number of carbonyl (C=O) groups is 2. The van der Waals surface area contributed by atoms with Gasteiger partial charge in [0, 0.05) is 12.4 Å². The summed E-state index contributed by atoms with van der Waals surface area (Å²) >= 11 is 0.969. The van der Waals surface area contributed by atoms with Gasteiger partial charge in [0.15, 0.2) is 0 Å². The molecule has 2 aromatic heterocycles. The lowest BCUT2D eigenvalue weighted by atomic mass is 10.3. The predicted molar refractivity (Wildman–Crippen MR) is 91.8 cm³/mol. The minimum Gasteiger partial charge on any atom is -0.411 e. The Kier molecular flexibility index (Phi) is 5.54. The molecular formula is C16H12FN5O3S. The van der Waals surface area contributed by atoms with Crippen molar-refractivity contribution in [2.45, 2.75) is 5.22 Å². The van der Waals surface area contributed by atoms with Crippen LogP contribution in [0.25, 0.3) is 11.5 Å². The number of thioether (sulfide) groups is 1. The number of imide groups is 1. The maximum Gasteiger partial charge on any atom is 0.325 e. The van der Waals surface area contributed by atoms with Gasteiger partial charge >= 0.3 is 6.03 Å². The fourth-order valence-corrected chi connectivity index (χ4v) is 2.44. The molecule has 0 fully saturated rings. The summed E-state index contributed by atoms with van der Waals surface area (Å²) in [7, 11) is 0. The van der Waals surface area contributed by atoms with E-state index in [-0.39, 0.29) is 22.6 Å². The van der Waals surface area contributed by atoms with E-state index in [1.807, 2.05) is 0 Å². The number of nitrogens with zero attached hydrogens (tertiary/aromatic N) is 3. The zero-order chi connectivity index (χ0) is 18.4. The number of rotatable bonds is 5. The zero-order valence-corrected chi connectivity index (χ0v) is 14.0. The van der Waals surface area contributed by atoms with Gasteiger partial charge in [-0.25, -0.2) is 9.18 Å². The molecule has 1 aromatic carbocycles. The van der Waals surface area contributed by atoms with E-state index in [1.54, 1.807) is 30.6 Å². The van der Waals surface area contributed by atoms with Crippen LogP contribution in [-0.2, 0) is 4.79 Å². The molecule has 3 rings (SSSR count). The van der Waals surface area contributed by atoms with Crippen LogP contribution in [-0.4, -0.2) is 32.9 Å². The van der Waals surface area contributed by atoms with Crippen molar-refractivity contribution in [2.75, 3.05) is 11.1 Å². The maximum absolute atomic E-state index is 13.4. The Morgan fingerprint density at radius 1 is 1.15 bits per heavy atom. The minimum atomic E-state index is -0.831. The Morgan fingerprint density at radius 3 is 2.77 bits per heavy atom. The molecule has 0 aliphatic heterocycles. The second-order valence-corrected chi connectivity index (χ2v) is 5.81. The van der Waals surface area contributed by atoms with Crippen molar-refractivity contribution in [2.24, 2.45) is 0 Å². The van der Waals surface area contributed by atoms with E-state index >= 15 is 0 Å². The Hall–Kier alpha value is -3.27. The van der Waals surface area contributed by atoms with Crippen LogP contribution in [0.15, 0.2) is 58.4 Å². The van der Waals surface area contributed by atoms with Crippen molar-refractivity contribution in [3.05, 3.63) is 54.6 Å². The van der Waals surface area contributed by atoms with E-state index in [1.165, 1.54) is 18.2 Å². The summed E-state index contributed by atoms with van der Waals surface area (Å²) in [6.07, 6.45) is 3.19. The molecule has 3 aromatic rings. The smallest absolute Gasteiger partial charge is 0.325 e. The number of nitrogens with one attached hydrogen (secondary N) is 2. The zero-order valence-electron chi connectivity index (χ0n) is 13.2. The van der Waals surface area contributed by atoms with Gasteiger partial charge < -0.3 is 9.73 Å². The first-order chi connectivity index (χ1) is 12.6. The van der Waals surface area contributed by atoms with E-state index in [0.717, 1.165) is 11.8 Å². The largest absolute Gasteiger partial charge is 0.411 e. The topological polar surface area (TPSA) is 110 Å². The van der Waals surface area contributed by atoms with Crippen molar-refractivity contribution in [1.82, 2.24) is 20.5 Å². The van der Waals surface area contributed by atoms with Crippen LogP contribution in [0.1, 0.15) is 0 Å². The van der Waals surface area contributed by atoms with Crippen LogP contribution in [0, 0.1) is 5.82 Å². The Labute approximate surface area is 151 Å². The fourth-order valence-electron chi connectivity index (χ4n) is 1.88. The van der Waals surface area contributed by atoms with Crippen LogP contribution >= 0.6 is 11.8 Å². The first-order valence-electron chi connectivity index (χ1n) is 7.34. The summed E-state index contributed by atoms with van der Waals surface area (Å²) in [6, 6.07) is 8.29. The van der Waals surface area contributed by atoms with Gasteiger partial charge in [-0.3, -0.25) is 15.1 Å². The molecule has 0 saturated carbocycles. The molecule has 2 heterocycles. The van der Waals surface area contributed by atoms with Crippen molar-refractivity contribution >= 4 is 29.4 Å². The van der Waals surface area contributed by atoms with Gasteiger partial charge in [-0.05, 0) is 24.3 Å². The van der Waals surface area contributed by atoms with Gasteiger partial charge in [0.25, 0.3) is 5.22 Å². The van der Waals surface area contributed by atoms with E-state index in [0.29, 0.717) is 5.56 Å². The number of aromatic nitrogens is 3. The van der Waals surface area contributed by atoms with E-state index in [9.17, 15) is 14.0 Å². The highest BCUT2D eigenvalue weighted by Crippen LogP contribution is 2.22. The van der Waals surface area contributed by atoms with Gasteiger partial charge in [0.2, 0.25) is 11.8 Å². The second kappa shape index (κ2) is 8.21. The lowest BCUT2D eigenvalue weighted by Gasteiger charge is -2.06. The second-order valence-electron chi connectivity index (χ2n) is 4.89. The van der Waals surface area contributed by atoms with Gasteiger partial charge in [-0.15, -0.1) is 10.2 Å². The molecule has 0 unspecified atom stereocenters. The molecule has 0 aliphatic rings. The number of para-hydroxylation sites is 1. The maximum atomic E-state index is 13.4. The Bertz CT molecular complexity index is 919. The average molecular weight is 373 g/mol. The molecule has 0 saturated heterocycles. The fraction of sp³-hybridized carbons (Fsp3) is 0.0625. The number of hydrogen-bond donors (Lipinski definition) is 2. The van der Waals surface area contributed by atoms with Crippen LogP contribution in [0.4, 0.5) is 14.9 Å². The van der Waals surface area contributed by atoms with E-state index < -0.39 is 17.8 Å². The van der Waals surface area contributed by atoms with Gasteiger partial charge in [-0.2, -0.15) is 0 Å². The number of pyridine rings is 1. The molecule has 0 atom stereocenters. The Morgan fingerprint density at radius 2 is 2.00 bits per heavy atom. The summed E-state index contributed by atoms with van der Waals surface area (Å²) in [5.74, 6) is -1.04. The SMILES string of the molecule is O=C(CSc1nnc(-c2cccnc2)o1)NC(=O)Nc1ccccc1F. The number of carbonyl (C=O) groups excluding carboxylic acids is 2. The molecule has 0 spiro atoms. The number of anilines is 1. The van der Waals surface area contributed by atoms with Crippen molar-refractivity contribution in [1.29, 1.82) is 0 Å². The number of hydrogen-bond acceptors (Lipinski definition) is 7. The van der Waals surface area contributed by atoms with Gasteiger partial charge in [0.1, 0.15) is 5.82 Å². The molecule has 3 amide bonds. The third-order valence-corrected chi connectivity index (χ3v) is 3.84. The first-order valence-corrected chi connectivity index (χ1v) is 8.32. The van der Waals surface area contributed by atoms with Crippen molar-refractivity contribution in [3.63, 3.8) is 0 Å².